The number of nitrogens with zero attached hydrogens (tertiary/aromatic N) is 2. The first-order chi connectivity index (χ1) is 8.36. The Balaban J connectivity index is 2.86. The molecule has 5 heteroatoms. The second-order valence-corrected chi connectivity index (χ2v) is 5.42. The molecule has 0 N–H and O–H groups in total. The van der Waals surface area contributed by atoms with Crippen molar-refractivity contribution in [3.63, 3.8) is 0 Å². The highest BCUT2D eigenvalue weighted by atomic mass is 35.5. The average molecular weight is 273 g/mol. The predicted octanol–water partition coefficient (Wildman–Crippen LogP) is 3.15. The summed E-state index contributed by atoms with van der Waals surface area (Å²) in [6.07, 6.45) is 0. The van der Waals surface area contributed by atoms with Gasteiger partial charge in [-0.15, -0.1) is 0 Å². The molecule has 1 aromatic heterocycles. The van der Waals surface area contributed by atoms with Gasteiger partial charge >= 0.3 is 0 Å². The minimum absolute atomic E-state index is 0.157. The average Bonchev–Trinajstić information content (AvgIpc) is 2.28. The number of aromatic nitrogens is 2. The third-order valence-corrected chi connectivity index (χ3v) is 2.75. The van der Waals surface area contributed by atoms with Crippen molar-refractivity contribution in [3.05, 3.63) is 16.5 Å². The van der Waals surface area contributed by atoms with Crippen LogP contribution in [0, 0.1) is 6.92 Å². The molecule has 0 fully saturated rings. The van der Waals surface area contributed by atoms with Gasteiger partial charge in [-0.2, -0.15) is 4.98 Å². The van der Waals surface area contributed by atoms with Crippen molar-refractivity contribution in [3.8, 4) is 5.88 Å². The molecule has 1 rings (SSSR count). The summed E-state index contributed by atoms with van der Waals surface area (Å²) in [5, 5.41) is 0.446. The highest BCUT2D eigenvalue weighted by molar-refractivity contribution is 6.30. The van der Waals surface area contributed by atoms with Crippen LogP contribution in [0.3, 0.4) is 0 Å². The minimum atomic E-state index is -0.157. The normalized spacial score (nSPS) is 11.7. The highest BCUT2D eigenvalue weighted by Crippen LogP contribution is 2.27. The fourth-order valence-corrected chi connectivity index (χ4v) is 1.45. The van der Waals surface area contributed by atoms with Gasteiger partial charge in [-0.25, -0.2) is 4.98 Å². The first-order valence-corrected chi connectivity index (χ1v) is 6.49. The zero-order valence-corrected chi connectivity index (χ0v) is 12.5. The minimum Gasteiger partial charge on any atom is -0.475 e. The molecule has 18 heavy (non-hydrogen) atoms. The molecule has 0 bridgehead atoms. The van der Waals surface area contributed by atoms with E-state index < -0.39 is 0 Å². The van der Waals surface area contributed by atoms with Crippen molar-refractivity contribution in [2.45, 2.75) is 40.0 Å². The number of rotatable bonds is 5. The quantitative estimate of drug-likeness (QED) is 0.610. The molecule has 0 aliphatic rings. The Morgan fingerprint density at radius 1 is 1.17 bits per heavy atom. The van der Waals surface area contributed by atoms with Crippen LogP contribution < -0.4 is 4.74 Å². The van der Waals surface area contributed by atoms with Gasteiger partial charge in [0.25, 0.3) is 0 Å². The predicted molar refractivity (Wildman–Crippen MR) is 72.5 cm³/mol. The van der Waals surface area contributed by atoms with Gasteiger partial charge in [0.1, 0.15) is 17.6 Å². The largest absolute Gasteiger partial charge is 0.475 e. The van der Waals surface area contributed by atoms with Crippen LogP contribution in [0.2, 0.25) is 5.15 Å². The van der Waals surface area contributed by atoms with E-state index in [2.05, 4.69) is 9.97 Å². The molecule has 0 aliphatic heterocycles. The molecule has 0 saturated heterocycles. The lowest BCUT2D eigenvalue weighted by atomic mass is 9.96. The van der Waals surface area contributed by atoms with E-state index in [1.165, 1.54) is 0 Å². The van der Waals surface area contributed by atoms with Gasteiger partial charge in [0.2, 0.25) is 5.88 Å². The smallest absolute Gasteiger partial charge is 0.221 e. The third-order valence-electron chi connectivity index (χ3n) is 2.38. The molecule has 0 spiro atoms. The molecule has 4 nitrogen and oxygen atoms in total. The lowest BCUT2D eigenvalue weighted by Crippen LogP contribution is -2.18. The molecule has 0 saturated carbocycles. The van der Waals surface area contributed by atoms with Gasteiger partial charge in [-0.05, 0) is 13.8 Å². The Bertz CT molecular complexity index is 403. The molecular formula is C13H21ClN2O2. The van der Waals surface area contributed by atoms with Gasteiger partial charge < -0.3 is 9.47 Å². The van der Waals surface area contributed by atoms with Crippen LogP contribution in [0.5, 0.6) is 5.88 Å². The van der Waals surface area contributed by atoms with E-state index in [1.54, 1.807) is 0 Å². The first-order valence-electron chi connectivity index (χ1n) is 6.11. The third kappa shape index (κ3) is 4.10. The molecule has 0 atom stereocenters. The molecule has 0 radical (unpaired) electrons. The van der Waals surface area contributed by atoms with E-state index in [1.807, 2.05) is 34.6 Å². The summed E-state index contributed by atoms with van der Waals surface area (Å²) in [6, 6.07) is 0. The van der Waals surface area contributed by atoms with Gasteiger partial charge in [-0.3, -0.25) is 0 Å². The fourth-order valence-electron chi connectivity index (χ4n) is 1.29. The maximum Gasteiger partial charge on any atom is 0.221 e. The van der Waals surface area contributed by atoms with E-state index in [9.17, 15) is 0 Å². The van der Waals surface area contributed by atoms with Gasteiger partial charge in [-0.1, -0.05) is 32.4 Å². The van der Waals surface area contributed by atoms with E-state index in [0.29, 0.717) is 36.7 Å². The summed E-state index contributed by atoms with van der Waals surface area (Å²) in [5.41, 5.74) is 0.608. The summed E-state index contributed by atoms with van der Waals surface area (Å²) in [5.74, 6) is 1.23. The summed E-state index contributed by atoms with van der Waals surface area (Å²) >= 11 is 6.10. The van der Waals surface area contributed by atoms with E-state index >= 15 is 0 Å². The SMILES string of the molecule is CCOCCOc1nc(C(C)(C)C)nc(Cl)c1C. The molecule has 0 unspecified atom stereocenters. The lowest BCUT2D eigenvalue weighted by Gasteiger charge is -2.19. The molecular weight excluding hydrogens is 252 g/mol. The summed E-state index contributed by atoms with van der Waals surface area (Å²) in [6.45, 7) is 11.6. The van der Waals surface area contributed by atoms with Crippen molar-refractivity contribution in [2.75, 3.05) is 19.8 Å². The van der Waals surface area contributed by atoms with Crippen LogP contribution in [-0.4, -0.2) is 29.8 Å². The van der Waals surface area contributed by atoms with Crippen LogP contribution in [0.25, 0.3) is 0 Å². The fraction of sp³-hybridized carbons (Fsp3) is 0.692. The van der Waals surface area contributed by atoms with Crippen molar-refractivity contribution >= 4 is 11.6 Å². The molecule has 0 aliphatic carbocycles. The van der Waals surface area contributed by atoms with E-state index in [0.717, 1.165) is 5.56 Å². The molecule has 1 heterocycles. The maximum atomic E-state index is 6.10. The van der Waals surface area contributed by atoms with Crippen molar-refractivity contribution in [1.29, 1.82) is 0 Å². The van der Waals surface area contributed by atoms with Crippen molar-refractivity contribution < 1.29 is 9.47 Å². The zero-order chi connectivity index (χ0) is 13.8. The standard InChI is InChI=1S/C13H21ClN2O2/c1-6-17-7-8-18-11-9(2)10(14)15-12(16-11)13(3,4)5/h6-8H2,1-5H3. The van der Waals surface area contributed by atoms with E-state index in [-0.39, 0.29) is 5.41 Å². The maximum absolute atomic E-state index is 6.10. The summed E-state index contributed by atoms with van der Waals surface area (Å²) in [4.78, 5) is 8.72. The highest BCUT2D eigenvalue weighted by Gasteiger charge is 2.21. The summed E-state index contributed by atoms with van der Waals surface area (Å²) < 4.78 is 10.8. The Morgan fingerprint density at radius 3 is 2.39 bits per heavy atom. The number of hydrogen-bond donors (Lipinski definition) is 0. The number of halogens is 1. The van der Waals surface area contributed by atoms with Crippen LogP contribution in [0.4, 0.5) is 0 Å². The molecule has 0 amide bonds. The van der Waals surface area contributed by atoms with Gasteiger partial charge in [0.05, 0.1) is 6.61 Å². The van der Waals surface area contributed by atoms with Crippen LogP contribution in [0.1, 0.15) is 39.1 Å². The topological polar surface area (TPSA) is 44.2 Å². The monoisotopic (exact) mass is 272 g/mol. The van der Waals surface area contributed by atoms with Crippen LogP contribution >= 0.6 is 11.6 Å². The first kappa shape index (κ1) is 15.2. The Hall–Kier alpha value is -0.870. The molecule has 0 aromatic carbocycles. The van der Waals surface area contributed by atoms with E-state index in [4.69, 9.17) is 21.1 Å². The lowest BCUT2D eigenvalue weighted by molar-refractivity contribution is 0.108. The van der Waals surface area contributed by atoms with Crippen molar-refractivity contribution in [2.24, 2.45) is 0 Å². The molecule has 1 aromatic rings. The van der Waals surface area contributed by atoms with Gasteiger partial charge in [0.15, 0.2) is 0 Å². The zero-order valence-electron chi connectivity index (χ0n) is 11.7. The van der Waals surface area contributed by atoms with Crippen molar-refractivity contribution in [1.82, 2.24) is 9.97 Å². The molecule has 102 valence electrons. The van der Waals surface area contributed by atoms with Gasteiger partial charge in [0, 0.05) is 17.6 Å². The summed E-state index contributed by atoms with van der Waals surface area (Å²) in [7, 11) is 0. The Morgan fingerprint density at radius 2 is 1.83 bits per heavy atom. The van der Waals surface area contributed by atoms with Crippen LogP contribution in [-0.2, 0) is 10.2 Å². The second kappa shape index (κ2) is 6.34. The Labute approximate surface area is 114 Å². The number of ether oxygens (including phenoxy) is 2. The van der Waals surface area contributed by atoms with Crippen LogP contribution in [0.15, 0.2) is 0 Å². The Kier molecular flexibility index (Phi) is 5.35. The second-order valence-electron chi connectivity index (χ2n) is 5.06. The number of hydrogen-bond acceptors (Lipinski definition) is 4.